The fourth-order valence-electron chi connectivity index (χ4n) is 1.13. The fourth-order valence-corrected chi connectivity index (χ4v) is 1.13. The zero-order valence-electron chi connectivity index (χ0n) is 5.98. The molecule has 0 aromatic carbocycles. The highest BCUT2D eigenvalue weighted by Crippen LogP contribution is 2.15. The van der Waals surface area contributed by atoms with E-state index in [1.165, 1.54) is 0 Å². The van der Waals surface area contributed by atoms with Gasteiger partial charge in [0.1, 0.15) is 0 Å². The maximum Gasteiger partial charge on any atom is 0.0972 e. The van der Waals surface area contributed by atoms with Gasteiger partial charge in [-0.1, -0.05) is 13.8 Å². The van der Waals surface area contributed by atoms with E-state index in [9.17, 15) is 0 Å². The third kappa shape index (κ3) is 1.30. The summed E-state index contributed by atoms with van der Waals surface area (Å²) in [6.45, 7) is 4.93. The molecule has 1 aliphatic heterocycles. The van der Waals surface area contributed by atoms with Crippen molar-refractivity contribution in [1.82, 2.24) is 0 Å². The van der Waals surface area contributed by atoms with E-state index >= 15 is 0 Å². The average molecular weight is 127 g/mol. The normalized spacial score (nSPS) is 27.9. The van der Waals surface area contributed by atoms with Gasteiger partial charge in [0, 0.05) is 12.1 Å². The largest absolute Gasteiger partial charge is 0.372 e. The van der Waals surface area contributed by atoms with Gasteiger partial charge in [0.15, 0.2) is 0 Å². The molecule has 1 fully saturated rings. The van der Waals surface area contributed by atoms with E-state index in [1.54, 1.807) is 0 Å². The highest BCUT2D eigenvalue weighted by molar-refractivity contribution is 5.87. The summed E-state index contributed by atoms with van der Waals surface area (Å²) in [6, 6.07) is 0. The van der Waals surface area contributed by atoms with E-state index in [0.717, 1.165) is 18.7 Å². The van der Waals surface area contributed by atoms with Crippen LogP contribution in [-0.2, 0) is 4.74 Å². The topological polar surface area (TPSA) is 33.1 Å². The molecule has 0 amide bonds. The molecule has 0 bridgehead atoms. The number of ether oxygens (including phenoxy) is 1. The van der Waals surface area contributed by atoms with E-state index < -0.39 is 0 Å². The Bertz CT molecular complexity index is 120. The number of rotatable bonds is 1. The minimum Gasteiger partial charge on any atom is -0.372 e. The second-order valence-corrected chi connectivity index (χ2v) is 2.81. The highest BCUT2D eigenvalue weighted by atomic mass is 16.5. The number of nitrogens with one attached hydrogen (secondary N) is 1. The molecule has 1 N–H and O–H groups in total. The van der Waals surface area contributed by atoms with Crippen LogP contribution in [0.2, 0.25) is 0 Å². The predicted molar refractivity (Wildman–Crippen MR) is 36.9 cm³/mol. The van der Waals surface area contributed by atoms with Crippen LogP contribution in [0.3, 0.4) is 0 Å². The SMILES string of the molecule is CC(C)[C@H]1OCCC1=N. The maximum atomic E-state index is 7.41. The molecule has 1 saturated heterocycles. The summed E-state index contributed by atoms with van der Waals surface area (Å²) in [4.78, 5) is 0. The lowest BCUT2D eigenvalue weighted by Crippen LogP contribution is -2.21. The molecular formula is C7H13NO. The van der Waals surface area contributed by atoms with Crippen molar-refractivity contribution in [2.24, 2.45) is 5.92 Å². The van der Waals surface area contributed by atoms with Crippen LogP contribution >= 0.6 is 0 Å². The van der Waals surface area contributed by atoms with E-state index in [2.05, 4.69) is 13.8 Å². The van der Waals surface area contributed by atoms with E-state index in [-0.39, 0.29) is 6.10 Å². The predicted octanol–water partition coefficient (Wildman–Crippen LogP) is 1.45. The Morgan fingerprint density at radius 1 is 1.67 bits per heavy atom. The van der Waals surface area contributed by atoms with Crippen LogP contribution in [0.15, 0.2) is 0 Å². The Morgan fingerprint density at radius 2 is 2.33 bits per heavy atom. The Balaban J connectivity index is 2.49. The van der Waals surface area contributed by atoms with Crippen LogP contribution < -0.4 is 0 Å². The zero-order chi connectivity index (χ0) is 6.85. The molecule has 1 heterocycles. The van der Waals surface area contributed by atoms with Crippen LogP contribution in [0.5, 0.6) is 0 Å². The van der Waals surface area contributed by atoms with Gasteiger partial charge in [0.25, 0.3) is 0 Å². The Kier molecular flexibility index (Phi) is 1.86. The molecule has 0 aromatic heterocycles. The Morgan fingerprint density at radius 3 is 2.56 bits per heavy atom. The molecular weight excluding hydrogens is 114 g/mol. The van der Waals surface area contributed by atoms with E-state index in [4.69, 9.17) is 10.1 Å². The summed E-state index contributed by atoms with van der Waals surface area (Å²) in [6.07, 6.45) is 0.952. The molecule has 0 spiro atoms. The van der Waals surface area contributed by atoms with Crippen molar-refractivity contribution in [3.63, 3.8) is 0 Å². The van der Waals surface area contributed by atoms with Crippen molar-refractivity contribution in [3.05, 3.63) is 0 Å². The minimum atomic E-state index is 0.116. The number of hydrogen-bond donors (Lipinski definition) is 1. The first kappa shape index (κ1) is 6.75. The summed E-state index contributed by atoms with van der Waals surface area (Å²) in [7, 11) is 0. The van der Waals surface area contributed by atoms with Gasteiger partial charge in [-0.2, -0.15) is 0 Å². The van der Waals surface area contributed by atoms with E-state index in [1.807, 2.05) is 0 Å². The van der Waals surface area contributed by atoms with Crippen LogP contribution in [-0.4, -0.2) is 18.4 Å². The van der Waals surface area contributed by atoms with Gasteiger partial charge in [0.2, 0.25) is 0 Å². The third-order valence-electron chi connectivity index (χ3n) is 1.62. The summed E-state index contributed by atoms with van der Waals surface area (Å²) < 4.78 is 5.30. The van der Waals surface area contributed by atoms with Gasteiger partial charge in [-0.3, -0.25) is 0 Å². The van der Waals surface area contributed by atoms with Crippen molar-refractivity contribution < 1.29 is 4.74 Å². The van der Waals surface area contributed by atoms with Crippen LogP contribution in [0.25, 0.3) is 0 Å². The Labute approximate surface area is 55.7 Å². The highest BCUT2D eigenvalue weighted by Gasteiger charge is 2.24. The molecule has 2 heteroatoms. The lowest BCUT2D eigenvalue weighted by atomic mass is 10.0. The summed E-state index contributed by atoms with van der Waals surface area (Å²) in [5.41, 5.74) is 0.769. The van der Waals surface area contributed by atoms with E-state index in [0.29, 0.717) is 5.92 Å². The lowest BCUT2D eigenvalue weighted by molar-refractivity contribution is 0.101. The number of hydrogen-bond acceptors (Lipinski definition) is 2. The molecule has 0 saturated carbocycles. The monoisotopic (exact) mass is 127 g/mol. The van der Waals surface area contributed by atoms with Crippen LogP contribution in [0.1, 0.15) is 20.3 Å². The molecule has 0 radical (unpaired) electrons. The van der Waals surface area contributed by atoms with Gasteiger partial charge in [-0.15, -0.1) is 0 Å². The van der Waals surface area contributed by atoms with Crippen molar-refractivity contribution in [2.75, 3.05) is 6.61 Å². The summed E-state index contributed by atoms with van der Waals surface area (Å²) in [5, 5.41) is 7.41. The second kappa shape index (κ2) is 2.48. The lowest BCUT2D eigenvalue weighted by Gasteiger charge is -2.12. The molecule has 9 heavy (non-hydrogen) atoms. The molecule has 0 unspecified atom stereocenters. The van der Waals surface area contributed by atoms with Crippen molar-refractivity contribution in [1.29, 1.82) is 5.41 Å². The molecule has 0 aliphatic carbocycles. The first-order valence-electron chi connectivity index (χ1n) is 3.40. The maximum absolute atomic E-state index is 7.41. The van der Waals surface area contributed by atoms with Crippen LogP contribution in [0.4, 0.5) is 0 Å². The molecule has 2 nitrogen and oxygen atoms in total. The van der Waals surface area contributed by atoms with Gasteiger partial charge in [-0.25, -0.2) is 0 Å². The van der Waals surface area contributed by atoms with Gasteiger partial charge < -0.3 is 10.1 Å². The fraction of sp³-hybridized carbons (Fsp3) is 0.857. The zero-order valence-corrected chi connectivity index (χ0v) is 5.98. The van der Waals surface area contributed by atoms with Gasteiger partial charge in [0.05, 0.1) is 12.7 Å². The minimum absolute atomic E-state index is 0.116. The quantitative estimate of drug-likeness (QED) is 0.568. The van der Waals surface area contributed by atoms with Crippen molar-refractivity contribution in [3.8, 4) is 0 Å². The van der Waals surface area contributed by atoms with Gasteiger partial charge in [-0.05, 0) is 5.92 Å². The third-order valence-corrected chi connectivity index (χ3v) is 1.62. The Hall–Kier alpha value is -0.370. The first-order valence-corrected chi connectivity index (χ1v) is 3.40. The molecule has 1 aliphatic rings. The first-order chi connectivity index (χ1) is 4.22. The molecule has 1 rings (SSSR count). The summed E-state index contributed by atoms with van der Waals surface area (Å²) in [5.74, 6) is 0.472. The summed E-state index contributed by atoms with van der Waals surface area (Å²) >= 11 is 0. The average Bonchev–Trinajstić information content (AvgIpc) is 2.13. The standard InChI is InChI=1S/C7H13NO/c1-5(2)7-6(8)3-4-9-7/h5,7-8H,3-4H2,1-2H3/t7-/m1/s1. The molecule has 0 aromatic rings. The molecule has 52 valence electrons. The molecule has 1 atom stereocenters. The van der Waals surface area contributed by atoms with Gasteiger partial charge >= 0.3 is 0 Å². The van der Waals surface area contributed by atoms with Crippen molar-refractivity contribution >= 4 is 5.71 Å². The smallest absolute Gasteiger partial charge is 0.0972 e. The second-order valence-electron chi connectivity index (χ2n) is 2.81. The van der Waals surface area contributed by atoms with Crippen LogP contribution in [0, 0.1) is 11.3 Å². The van der Waals surface area contributed by atoms with Crippen molar-refractivity contribution in [2.45, 2.75) is 26.4 Å².